The maximum atomic E-state index is 11.7. The van der Waals surface area contributed by atoms with E-state index in [-0.39, 0.29) is 0 Å². The highest BCUT2D eigenvalue weighted by Gasteiger charge is 2.51. The van der Waals surface area contributed by atoms with Gasteiger partial charge in [0, 0.05) is 0 Å². The lowest BCUT2D eigenvalue weighted by Crippen LogP contribution is -2.67. The molecule has 0 aromatic carbocycles. The smallest absolute Gasteiger partial charge is 0.362 e. The van der Waals surface area contributed by atoms with E-state index in [1.807, 2.05) is 0 Å². The number of hydrogen-bond donors (Lipinski definition) is 3. The Balaban J connectivity index is 4.98. The third kappa shape index (κ3) is 8.56. The predicted octanol–water partition coefficient (Wildman–Crippen LogP) is 4.66. The van der Waals surface area contributed by atoms with Gasteiger partial charge in [0.25, 0.3) is 0 Å². The molecule has 0 heterocycles. The van der Waals surface area contributed by atoms with E-state index >= 15 is 0 Å². The first-order chi connectivity index (χ1) is 13.6. The van der Waals surface area contributed by atoms with Gasteiger partial charge in [0.1, 0.15) is 0 Å². The minimum Gasteiger partial charge on any atom is -0.477 e. The lowest BCUT2D eigenvalue weighted by molar-refractivity contribution is -0.922. The van der Waals surface area contributed by atoms with E-state index < -0.39 is 40.5 Å². The molecule has 0 rings (SSSR count). The Hall–Kier alpha value is -1.89. The topological polar surface area (TPSA) is 112 Å². The second-order valence-corrected chi connectivity index (χ2v) is 7.94. The molecule has 7 heteroatoms. The molecule has 0 saturated carbocycles. The third-order valence-electron chi connectivity index (χ3n) is 5.92. The quantitative estimate of drug-likeness (QED) is 0.236. The van der Waals surface area contributed by atoms with Crippen LogP contribution in [0.2, 0.25) is 0 Å². The molecule has 0 saturated heterocycles. The molecule has 168 valence electrons. The second-order valence-electron chi connectivity index (χ2n) is 7.94. The first kappa shape index (κ1) is 27.1. The number of carboxylic acids is 3. The van der Waals surface area contributed by atoms with Gasteiger partial charge in [-0.05, 0) is 39.7 Å². The molecule has 0 aliphatic rings. The molecular formula is C22H40NO6+. The van der Waals surface area contributed by atoms with E-state index in [1.54, 1.807) is 6.08 Å². The van der Waals surface area contributed by atoms with Crippen LogP contribution in [0.4, 0.5) is 0 Å². The van der Waals surface area contributed by atoms with E-state index in [2.05, 4.69) is 6.92 Å². The van der Waals surface area contributed by atoms with E-state index in [0.29, 0.717) is 6.42 Å². The molecule has 29 heavy (non-hydrogen) atoms. The summed E-state index contributed by atoms with van der Waals surface area (Å²) < 4.78 is -0.655. The van der Waals surface area contributed by atoms with Crippen LogP contribution in [0.1, 0.15) is 91.9 Å². The van der Waals surface area contributed by atoms with Crippen LogP contribution in [0.25, 0.3) is 0 Å². The largest absolute Gasteiger partial charge is 0.477 e. The van der Waals surface area contributed by atoms with E-state index in [9.17, 15) is 29.7 Å². The van der Waals surface area contributed by atoms with Gasteiger partial charge in [0.05, 0.1) is 6.20 Å². The number of carboxylic acid groups (broad SMARTS) is 3. The van der Waals surface area contributed by atoms with Crippen molar-refractivity contribution >= 4 is 17.9 Å². The molecule has 0 spiro atoms. The van der Waals surface area contributed by atoms with Crippen molar-refractivity contribution in [2.75, 3.05) is 0 Å². The van der Waals surface area contributed by atoms with Crippen molar-refractivity contribution in [1.82, 2.24) is 0 Å². The maximum absolute atomic E-state index is 11.7. The van der Waals surface area contributed by atoms with Crippen molar-refractivity contribution < 1.29 is 34.2 Å². The Labute approximate surface area is 175 Å². The number of hydrogen-bond acceptors (Lipinski definition) is 3. The molecule has 7 nitrogen and oxygen atoms in total. The first-order valence-electron chi connectivity index (χ1n) is 10.9. The Kier molecular flexibility index (Phi) is 13.2. The van der Waals surface area contributed by atoms with Crippen LogP contribution in [0.15, 0.2) is 12.3 Å². The number of rotatable bonds is 17. The zero-order valence-corrected chi connectivity index (χ0v) is 18.5. The molecule has 0 aliphatic carbocycles. The average Bonchev–Trinajstić information content (AvgIpc) is 2.67. The monoisotopic (exact) mass is 414 g/mol. The molecule has 0 aromatic heterocycles. The van der Waals surface area contributed by atoms with Gasteiger partial charge in [-0.25, -0.2) is 14.4 Å². The fraction of sp³-hybridized carbons (Fsp3) is 0.773. The molecule has 0 aliphatic heterocycles. The zero-order valence-electron chi connectivity index (χ0n) is 18.5. The minimum absolute atomic E-state index is 0.655. The van der Waals surface area contributed by atoms with Crippen molar-refractivity contribution in [2.45, 2.75) is 110 Å². The molecule has 3 atom stereocenters. The number of carbonyl (C=O) groups is 3. The molecule has 0 amide bonds. The number of aliphatic carboxylic acids is 3. The molecule has 0 radical (unpaired) electrons. The molecular weight excluding hydrogens is 374 g/mol. The second kappa shape index (κ2) is 14.1. The highest BCUT2D eigenvalue weighted by atomic mass is 16.4. The van der Waals surface area contributed by atoms with Crippen LogP contribution in [-0.2, 0) is 14.4 Å². The summed E-state index contributed by atoms with van der Waals surface area (Å²) in [6, 6.07) is -3.61. The summed E-state index contributed by atoms with van der Waals surface area (Å²) in [6.07, 6.45) is 14.6. The number of unbranched alkanes of at least 4 members (excludes halogenated alkanes) is 9. The van der Waals surface area contributed by atoms with Crippen LogP contribution in [0.3, 0.4) is 0 Å². The fourth-order valence-corrected chi connectivity index (χ4v) is 3.80. The van der Waals surface area contributed by atoms with E-state index in [1.165, 1.54) is 65.5 Å². The van der Waals surface area contributed by atoms with Gasteiger partial charge in [0.15, 0.2) is 18.1 Å². The summed E-state index contributed by atoms with van der Waals surface area (Å²) in [7, 11) is 0. The lowest BCUT2D eigenvalue weighted by Gasteiger charge is -2.44. The highest BCUT2D eigenvalue weighted by molar-refractivity contribution is 5.77. The van der Waals surface area contributed by atoms with Gasteiger partial charge in [-0.3, -0.25) is 4.48 Å². The summed E-state index contributed by atoms with van der Waals surface area (Å²) in [5, 5.41) is 28.6. The highest BCUT2D eigenvalue weighted by Crippen LogP contribution is 2.27. The van der Waals surface area contributed by atoms with E-state index in [4.69, 9.17) is 0 Å². The molecule has 3 N–H and O–H groups in total. The van der Waals surface area contributed by atoms with Crippen molar-refractivity contribution in [2.24, 2.45) is 0 Å². The summed E-state index contributed by atoms with van der Waals surface area (Å²) >= 11 is 0. The Bertz CT molecular complexity index is 495. The van der Waals surface area contributed by atoms with Crippen molar-refractivity contribution in [3.8, 4) is 0 Å². The van der Waals surface area contributed by atoms with E-state index in [0.717, 1.165) is 19.3 Å². The lowest BCUT2D eigenvalue weighted by atomic mass is 10.0. The van der Waals surface area contributed by atoms with Gasteiger partial charge >= 0.3 is 17.9 Å². The van der Waals surface area contributed by atoms with Gasteiger partial charge in [-0.15, -0.1) is 0 Å². The van der Waals surface area contributed by atoms with Crippen molar-refractivity contribution in [3.63, 3.8) is 0 Å². The van der Waals surface area contributed by atoms with Crippen LogP contribution in [0, 0.1) is 0 Å². The average molecular weight is 415 g/mol. The van der Waals surface area contributed by atoms with Crippen LogP contribution in [0.5, 0.6) is 0 Å². The Morgan fingerprint density at radius 3 is 1.38 bits per heavy atom. The maximum Gasteiger partial charge on any atom is 0.362 e. The third-order valence-corrected chi connectivity index (χ3v) is 5.92. The number of nitrogens with zero attached hydrogens (tertiary/aromatic N) is 1. The Morgan fingerprint density at radius 1 is 0.690 bits per heavy atom. The zero-order chi connectivity index (χ0) is 22.4. The standard InChI is InChI=1S/C22H39NO6/c1-5-6-7-8-9-10-11-12-13-14-15-16-23(17(2)20(24)25,18(3)21(26)27)19(4)22(28)29/h15-19H,5-14H2,1-4H3,(H2-,24,25,26,27,28,29)/p+1/b16-15+. The van der Waals surface area contributed by atoms with Crippen molar-refractivity contribution in [3.05, 3.63) is 12.3 Å². The number of allylic oxidation sites excluding steroid dienone is 1. The van der Waals surface area contributed by atoms with Gasteiger partial charge in [-0.2, -0.15) is 0 Å². The molecule has 0 fully saturated rings. The van der Waals surface area contributed by atoms with Crippen molar-refractivity contribution in [1.29, 1.82) is 0 Å². The summed E-state index contributed by atoms with van der Waals surface area (Å²) in [5.74, 6) is -3.67. The summed E-state index contributed by atoms with van der Waals surface area (Å²) in [5.41, 5.74) is 0. The normalized spacial score (nSPS) is 16.8. The molecule has 0 aromatic rings. The van der Waals surface area contributed by atoms with Gasteiger partial charge in [0.2, 0.25) is 0 Å². The Morgan fingerprint density at radius 2 is 1.03 bits per heavy atom. The fourth-order valence-electron chi connectivity index (χ4n) is 3.80. The number of quaternary nitrogens is 1. The predicted molar refractivity (Wildman–Crippen MR) is 113 cm³/mol. The summed E-state index contributed by atoms with van der Waals surface area (Å²) in [4.78, 5) is 35.0. The van der Waals surface area contributed by atoms with Crippen LogP contribution < -0.4 is 0 Å². The van der Waals surface area contributed by atoms with Gasteiger partial charge < -0.3 is 15.3 Å². The van der Waals surface area contributed by atoms with Crippen LogP contribution >= 0.6 is 0 Å². The van der Waals surface area contributed by atoms with Gasteiger partial charge in [-0.1, -0.05) is 58.3 Å². The SMILES string of the molecule is CCCCCCCCCCC/C=C/[N+](C(C)C(=O)O)(C(C)C(=O)O)C(C)C(=O)O. The molecule has 3 unspecified atom stereocenters. The first-order valence-corrected chi connectivity index (χ1v) is 10.9. The molecule has 0 bridgehead atoms. The van der Waals surface area contributed by atoms with Crippen LogP contribution in [-0.4, -0.2) is 55.8 Å². The summed E-state index contributed by atoms with van der Waals surface area (Å²) in [6.45, 7) is 6.30. The minimum atomic E-state index is -1.22.